The molecule has 2 aliphatic carbocycles. The van der Waals surface area contributed by atoms with E-state index in [1.165, 1.54) is 92.1 Å². The van der Waals surface area contributed by atoms with Gasteiger partial charge in [0.15, 0.2) is 0 Å². The summed E-state index contributed by atoms with van der Waals surface area (Å²) in [5.74, 6) is 2.23. The first-order valence-corrected chi connectivity index (χ1v) is 19.8. The normalized spacial score (nSPS) is 15.0. The van der Waals surface area contributed by atoms with Crippen LogP contribution in [0.25, 0.3) is 61.4 Å². The van der Waals surface area contributed by atoms with Crippen molar-refractivity contribution in [1.82, 2.24) is 14.5 Å². The smallest absolute Gasteiger partial charge is 0.120 e. The zero-order valence-electron chi connectivity index (χ0n) is 31.1. The molecule has 0 atom stereocenters. The number of rotatable bonds is 6. The minimum atomic E-state index is 0. The Kier molecular flexibility index (Phi) is 11.5. The molecule has 3 aromatic heterocycles. The zero-order chi connectivity index (χ0) is 36.1. The molecule has 0 saturated heterocycles. The quantitative estimate of drug-likeness (QED) is 0.156. The van der Waals surface area contributed by atoms with Gasteiger partial charge in [-0.25, -0.2) is 0 Å². The molecule has 3 heterocycles. The van der Waals surface area contributed by atoms with Crippen molar-refractivity contribution in [2.24, 2.45) is 0 Å². The number of imidazole rings is 1. The van der Waals surface area contributed by atoms with Crippen molar-refractivity contribution in [3.8, 4) is 39.5 Å². The van der Waals surface area contributed by atoms with E-state index in [2.05, 4.69) is 88.5 Å². The fourth-order valence-electron chi connectivity index (χ4n) is 8.81. The van der Waals surface area contributed by atoms with E-state index in [9.17, 15) is 0 Å². The van der Waals surface area contributed by atoms with Crippen LogP contribution in [0.1, 0.15) is 87.2 Å². The van der Waals surface area contributed by atoms with Crippen LogP contribution in [0.2, 0.25) is 0 Å². The van der Waals surface area contributed by atoms with E-state index in [4.69, 9.17) is 9.40 Å². The monoisotopic (exact) mass is 896 g/mol. The van der Waals surface area contributed by atoms with Crippen molar-refractivity contribution < 1.29 is 24.5 Å². The molecular formula is C50H45IrN3O-2. The van der Waals surface area contributed by atoms with Crippen LogP contribution < -0.4 is 0 Å². The molecule has 2 aliphatic rings. The van der Waals surface area contributed by atoms with Gasteiger partial charge in [-0.05, 0) is 89.7 Å². The van der Waals surface area contributed by atoms with Crippen molar-refractivity contribution in [2.45, 2.75) is 76.0 Å². The molecule has 0 unspecified atom stereocenters. The molecule has 0 spiro atoms. The third-order valence-corrected chi connectivity index (χ3v) is 11.5. The number of hydrogen-bond donors (Lipinski definition) is 0. The molecular weight excluding hydrogens is 851 g/mol. The minimum absolute atomic E-state index is 0. The van der Waals surface area contributed by atoms with E-state index in [0.717, 1.165) is 44.6 Å². The third-order valence-electron chi connectivity index (χ3n) is 11.5. The summed E-state index contributed by atoms with van der Waals surface area (Å²) in [5, 5.41) is 2.23. The van der Waals surface area contributed by atoms with Crippen LogP contribution in [0.3, 0.4) is 0 Å². The fraction of sp³-hybridized carbons (Fsp3) is 0.240. The van der Waals surface area contributed by atoms with Crippen molar-refractivity contribution >= 4 is 21.9 Å². The van der Waals surface area contributed by atoms with Gasteiger partial charge in [0, 0.05) is 49.8 Å². The number of pyridine rings is 1. The molecule has 0 bridgehead atoms. The topological polar surface area (TPSA) is 43.9 Å². The Balaban J connectivity index is 0.000000180. The number of benzene rings is 5. The molecule has 55 heavy (non-hydrogen) atoms. The van der Waals surface area contributed by atoms with E-state index in [0.29, 0.717) is 11.8 Å². The van der Waals surface area contributed by atoms with E-state index in [1.54, 1.807) is 6.20 Å². The second-order valence-corrected chi connectivity index (χ2v) is 14.8. The average Bonchev–Trinajstić information content (AvgIpc) is 3.91. The molecule has 5 aromatic carbocycles. The second kappa shape index (κ2) is 17.1. The predicted molar refractivity (Wildman–Crippen MR) is 221 cm³/mol. The van der Waals surface area contributed by atoms with Gasteiger partial charge in [-0.1, -0.05) is 110 Å². The summed E-state index contributed by atoms with van der Waals surface area (Å²) in [7, 11) is 0. The molecule has 8 aromatic rings. The molecule has 2 saturated carbocycles. The largest absolute Gasteiger partial charge is 0.501 e. The van der Waals surface area contributed by atoms with Crippen LogP contribution in [-0.4, -0.2) is 14.5 Å². The molecule has 10 rings (SSSR count). The van der Waals surface area contributed by atoms with Gasteiger partial charge in [-0.15, -0.1) is 54.1 Å². The van der Waals surface area contributed by atoms with E-state index < -0.39 is 0 Å². The summed E-state index contributed by atoms with van der Waals surface area (Å²) < 4.78 is 8.36. The van der Waals surface area contributed by atoms with Gasteiger partial charge in [0.1, 0.15) is 5.58 Å². The third kappa shape index (κ3) is 7.74. The van der Waals surface area contributed by atoms with Crippen LogP contribution in [-0.2, 0) is 20.1 Å². The maximum absolute atomic E-state index is 5.97. The Morgan fingerprint density at radius 2 is 1.27 bits per heavy atom. The Bertz CT molecular complexity index is 2420. The van der Waals surface area contributed by atoms with Crippen molar-refractivity contribution in [1.29, 1.82) is 0 Å². The minimum Gasteiger partial charge on any atom is -0.501 e. The number of para-hydroxylation sites is 1. The summed E-state index contributed by atoms with van der Waals surface area (Å²) in [6.45, 7) is 0. The van der Waals surface area contributed by atoms with E-state index in [1.807, 2.05) is 66.9 Å². The van der Waals surface area contributed by atoms with Crippen LogP contribution in [0.15, 0.2) is 144 Å². The van der Waals surface area contributed by atoms with Crippen LogP contribution in [0, 0.1) is 12.1 Å². The van der Waals surface area contributed by atoms with Gasteiger partial charge < -0.3 is 14.0 Å². The molecule has 5 heteroatoms. The number of furan rings is 1. The van der Waals surface area contributed by atoms with E-state index >= 15 is 0 Å². The van der Waals surface area contributed by atoms with Gasteiger partial charge >= 0.3 is 0 Å². The number of hydrogen-bond acceptors (Lipinski definition) is 3. The molecule has 0 amide bonds. The summed E-state index contributed by atoms with van der Waals surface area (Å²) in [5.41, 5.74) is 11.8. The summed E-state index contributed by atoms with van der Waals surface area (Å²) >= 11 is 0. The zero-order valence-corrected chi connectivity index (χ0v) is 33.5. The first-order chi connectivity index (χ1) is 26.8. The molecule has 0 N–H and O–H groups in total. The van der Waals surface area contributed by atoms with Gasteiger partial charge in [0.2, 0.25) is 0 Å². The van der Waals surface area contributed by atoms with Crippen LogP contribution in [0.5, 0.6) is 0 Å². The summed E-state index contributed by atoms with van der Waals surface area (Å²) in [6.07, 6.45) is 19.2. The van der Waals surface area contributed by atoms with Gasteiger partial charge in [-0.2, -0.15) is 0 Å². The summed E-state index contributed by atoms with van der Waals surface area (Å²) in [4.78, 5) is 9.23. The maximum atomic E-state index is 5.97. The Morgan fingerprint density at radius 1 is 0.582 bits per heavy atom. The van der Waals surface area contributed by atoms with Gasteiger partial charge in [0.05, 0.1) is 11.4 Å². The summed E-state index contributed by atoms with van der Waals surface area (Å²) in [6, 6.07) is 48.8. The van der Waals surface area contributed by atoms with Gasteiger partial charge in [-0.3, -0.25) is 4.98 Å². The Morgan fingerprint density at radius 3 is 1.96 bits per heavy atom. The fourth-order valence-corrected chi connectivity index (χ4v) is 8.81. The standard InChI is InChI=1S/C33H35N2.C17H10NO.Ir/c1-5-13-25(14-6-1)29-23-30(26-15-7-2-8-16-26)32(31(24-29)27-17-9-3-10-18-27)35-22-21-34-33(35)28-19-11-4-12-20-28;1-2-10-16-12(6-1)13-7-5-8-14(17(13)19-16)15-9-3-4-11-18-15;/h1,4-6,11-14,19,21-24,26-27H,2-3,7-10,15-18H2;1-7,9-11H;/q2*-1;. The van der Waals surface area contributed by atoms with Crippen LogP contribution >= 0.6 is 0 Å². The van der Waals surface area contributed by atoms with Crippen LogP contribution in [0.4, 0.5) is 0 Å². The first-order valence-electron chi connectivity index (χ1n) is 19.8. The Labute approximate surface area is 338 Å². The molecule has 4 nitrogen and oxygen atoms in total. The number of aromatic nitrogens is 3. The van der Waals surface area contributed by atoms with Gasteiger partial charge in [0.25, 0.3) is 0 Å². The molecule has 2 fully saturated rings. The predicted octanol–water partition coefficient (Wildman–Crippen LogP) is 13.5. The molecule has 1 radical (unpaired) electrons. The average molecular weight is 896 g/mol. The van der Waals surface area contributed by atoms with E-state index in [-0.39, 0.29) is 20.1 Å². The number of fused-ring (bicyclic) bond motifs is 3. The SMILES string of the molecule is [Ir].[c-]1ccc2c(oc3ccccc32)c1-c1ccccn1.[c-]1ccccc1-c1nccn1-c1c(C2CCCCC2)cc(-c2ccccc2)cc1C1CCCCC1. The van der Waals surface area contributed by atoms with Crippen molar-refractivity contribution in [3.05, 3.63) is 163 Å². The maximum Gasteiger partial charge on any atom is 0.120 e. The second-order valence-electron chi connectivity index (χ2n) is 14.8. The Hall–Kier alpha value is -5.09. The first kappa shape index (κ1) is 36.9. The number of nitrogens with zero attached hydrogens (tertiary/aromatic N) is 3. The molecule has 277 valence electrons. The molecule has 0 aliphatic heterocycles. The van der Waals surface area contributed by atoms with Crippen molar-refractivity contribution in [3.63, 3.8) is 0 Å². The van der Waals surface area contributed by atoms with Crippen molar-refractivity contribution in [2.75, 3.05) is 0 Å².